The van der Waals surface area contributed by atoms with Gasteiger partial charge < -0.3 is 15.2 Å². The molecule has 1 unspecified atom stereocenters. The van der Waals surface area contributed by atoms with E-state index in [1.807, 2.05) is 19.9 Å². The number of esters is 1. The molecule has 0 aliphatic carbocycles. The van der Waals surface area contributed by atoms with Crippen molar-refractivity contribution in [2.45, 2.75) is 39.0 Å². The van der Waals surface area contributed by atoms with E-state index in [1.54, 1.807) is 48.1 Å². The lowest BCUT2D eigenvalue weighted by Gasteiger charge is -2.23. The van der Waals surface area contributed by atoms with Crippen LogP contribution in [0, 0.1) is 5.82 Å². The summed E-state index contributed by atoms with van der Waals surface area (Å²) >= 11 is 0. The molecule has 0 fully saturated rings. The molecule has 0 radical (unpaired) electrons. The third kappa shape index (κ3) is 4.09. The van der Waals surface area contributed by atoms with E-state index in [2.05, 4.69) is 15.3 Å². The van der Waals surface area contributed by atoms with E-state index in [1.165, 1.54) is 12.1 Å². The van der Waals surface area contributed by atoms with Crippen LogP contribution < -0.4 is 5.32 Å². The molecule has 0 saturated carbocycles. The van der Waals surface area contributed by atoms with Gasteiger partial charge in [-0.1, -0.05) is 32.0 Å². The normalized spacial score (nSPS) is 16.3. The van der Waals surface area contributed by atoms with Crippen molar-refractivity contribution in [2.24, 2.45) is 0 Å². The van der Waals surface area contributed by atoms with E-state index < -0.39 is 17.6 Å². The van der Waals surface area contributed by atoms with Crippen LogP contribution in [0.2, 0.25) is 0 Å². The number of hydrogen-bond acceptors (Lipinski definition) is 8. The molecule has 10 heteroatoms. The fourth-order valence-electron chi connectivity index (χ4n) is 4.30. The number of carbonyl (C=O) groups is 1. The molecule has 2 N–H and O–H groups in total. The minimum Gasteiger partial charge on any atom is -0.463 e. The maximum absolute atomic E-state index is 14.4. The lowest BCUT2D eigenvalue weighted by Crippen LogP contribution is -2.33. The molecule has 9 nitrogen and oxygen atoms in total. The first-order valence-corrected chi connectivity index (χ1v) is 11.6. The molecule has 0 spiro atoms. The number of nitrogens with one attached hydrogen (secondary N) is 1. The maximum Gasteiger partial charge on any atom is 0.330 e. The monoisotopic (exact) mass is 488 g/mol. The smallest absolute Gasteiger partial charge is 0.330 e. The van der Waals surface area contributed by atoms with Crippen molar-refractivity contribution in [1.29, 1.82) is 0 Å². The van der Waals surface area contributed by atoms with E-state index in [0.717, 1.165) is 0 Å². The Kier molecular flexibility index (Phi) is 5.97. The zero-order chi connectivity index (χ0) is 25.4. The highest BCUT2D eigenvalue weighted by molar-refractivity contribution is 5.91. The summed E-state index contributed by atoms with van der Waals surface area (Å²) in [6, 6.07) is 10.1. The van der Waals surface area contributed by atoms with Crippen molar-refractivity contribution in [1.82, 2.24) is 24.7 Å². The zero-order valence-corrected chi connectivity index (χ0v) is 20.1. The molecular formula is C26H25FN6O3. The molecule has 1 aliphatic heterocycles. The van der Waals surface area contributed by atoms with Gasteiger partial charge >= 0.3 is 5.97 Å². The van der Waals surface area contributed by atoms with E-state index in [4.69, 9.17) is 14.8 Å². The Balaban J connectivity index is 1.66. The Morgan fingerprint density at radius 3 is 2.83 bits per heavy atom. The van der Waals surface area contributed by atoms with Crippen LogP contribution in [0.3, 0.4) is 0 Å². The highest BCUT2D eigenvalue weighted by atomic mass is 19.1. The van der Waals surface area contributed by atoms with Gasteiger partial charge in [-0.15, -0.1) is 0 Å². The van der Waals surface area contributed by atoms with Crippen molar-refractivity contribution in [2.75, 3.05) is 11.9 Å². The van der Waals surface area contributed by atoms with Gasteiger partial charge in [0.1, 0.15) is 23.6 Å². The lowest BCUT2D eigenvalue weighted by atomic mass is 9.84. The fraction of sp³-hybridized carbons (Fsp3) is 0.269. The molecule has 5 rings (SSSR count). The number of fused-ring (bicyclic) bond motifs is 2. The third-order valence-corrected chi connectivity index (χ3v) is 6.20. The Morgan fingerprint density at radius 2 is 2.06 bits per heavy atom. The predicted octanol–water partition coefficient (Wildman–Crippen LogP) is 3.67. The van der Waals surface area contributed by atoms with Crippen molar-refractivity contribution in [3.63, 3.8) is 0 Å². The van der Waals surface area contributed by atoms with Gasteiger partial charge in [0.25, 0.3) is 0 Å². The second-order valence-electron chi connectivity index (χ2n) is 8.98. The minimum atomic E-state index is -0.899. The molecule has 1 aliphatic rings. The van der Waals surface area contributed by atoms with Gasteiger partial charge in [0.15, 0.2) is 11.5 Å². The topological polar surface area (TPSA) is 115 Å². The SMILES string of the molecule is CCOC(=O)C=Cc1nc(-c2nn(Cc3ccccc3F)c3ncccc23)nc2c1C(C)(C)C(O)N2. The summed E-state index contributed by atoms with van der Waals surface area (Å²) in [5.41, 5.74) is 1.89. The number of halogens is 1. The zero-order valence-electron chi connectivity index (χ0n) is 20.1. The van der Waals surface area contributed by atoms with Crippen molar-refractivity contribution in [3.8, 4) is 11.5 Å². The van der Waals surface area contributed by atoms with Crippen LogP contribution in [0.4, 0.5) is 10.2 Å². The van der Waals surface area contributed by atoms with Crippen LogP contribution in [0.25, 0.3) is 28.6 Å². The van der Waals surface area contributed by atoms with Gasteiger partial charge in [-0.3, -0.25) is 0 Å². The summed E-state index contributed by atoms with van der Waals surface area (Å²) in [5, 5.41) is 19.0. The Labute approximate surface area is 206 Å². The molecule has 1 aromatic carbocycles. The highest BCUT2D eigenvalue weighted by Gasteiger charge is 2.42. The second-order valence-corrected chi connectivity index (χ2v) is 8.98. The van der Waals surface area contributed by atoms with E-state index in [0.29, 0.717) is 39.4 Å². The van der Waals surface area contributed by atoms with E-state index in [9.17, 15) is 14.3 Å². The molecule has 184 valence electrons. The number of anilines is 1. The molecule has 1 atom stereocenters. The number of pyridine rings is 1. The average Bonchev–Trinajstić information content (AvgIpc) is 3.33. The standard InChI is InChI=1S/C26H25FN6O3/c1-4-36-19(34)12-11-18-20-22(31-25(35)26(20,2)3)30-23(29-18)21-16-9-7-13-28-24(16)33(32-21)14-15-8-5-6-10-17(15)27/h5-13,25,35H,4,14H2,1-3H3,(H,29,30,31). The summed E-state index contributed by atoms with van der Waals surface area (Å²) in [7, 11) is 0. The lowest BCUT2D eigenvalue weighted by molar-refractivity contribution is -0.137. The highest BCUT2D eigenvalue weighted by Crippen LogP contribution is 2.42. The van der Waals surface area contributed by atoms with Gasteiger partial charge in [0.05, 0.1) is 24.2 Å². The van der Waals surface area contributed by atoms with Crippen LogP contribution in [-0.2, 0) is 21.5 Å². The summed E-state index contributed by atoms with van der Waals surface area (Å²) in [6.07, 6.45) is 3.60. The Morgan fingerprint density at radius 1 is 1.25 bits per heavy atom. The first-order valence-electron chi connectivity index (χ1n) is 11.6. The summed E-state index contributed by atoms with van der Waals surface area (Å²) in [4.78, 5) is 25.9. The first-order chi connectivity index (χ1) is 17.3. The van der Waals surface area contributed by atoms with Crippen LogP contribution >= 0.6 is 0 Å². The summed E-state index contributed by atoms with van der Waals surface area (Å²) in [6.45, 7) is 5.88. The van der Waals surface area contributed by atoms with Gasteiger partial charge in [0, 0.05) is 28.8 Å². The van der Waals surface area contributed by atoms with Gasteiger partial charge in [-0.25, -0.2) is 28.8 Å². The quantitative estimate of drug-likeness (QED) is 0.312. The van der Waals surface area contributed by atoms with Gasteiger partial charge in [-0.05, 0) is 31.2 Å². The van der Waals surface area contributed by atoms with Crippen molar-refractivity contribution >= 4 is 28.9 Å². The molecule has 4 heterocycles. The number of nitrogens with zero attached hydrogens (tertiary/aromatic N) is 5. The van der Waals surface area contributed by atoms with Crippen LogP contribution in [0.5, 0.6) is 0 Å². The van der Waals surface area contributed by atoms with Gasteiger partial charge in [-0.2, -0.15) is 5.10 Å². The first kappa shape index (κ1) is 23.6. The number of aromatic nitrogens is 5. The van der Waals surface area contributed by atoms with Crippen LogP contribution in [0.15, 0.2) is 48.7 Å². The number of ether oxygens (including phenoxy) is 1. The predicted molar refractivity (Wildman–Crippen MR) is 132 cm³/mol. The minimum absolute atomic E-state index is 0.171. The molecule has 3 aromatic heterocycles. The number of benzene rings is 1. The number of rotatable bonds is 6. The molecule has 4 aromatic rings. The van der Waals surface area contributed by atoms with Crippen molar-refractivity contribution < 1.29 is 19.0 Å². The van der Waals surface area contributed by atoms with Gasteiger partial charge in [0.2, 0.25) is 0 Å². The van der Waals surface area contributed by atoms with E-state index in [-0.39, 0.29) is 24.8 Å². The number of aliphatic hydroxyl groups is 1. The van der Waals surface area contributed by atoms with Crippen molar-refractivity contribution in [3.05, 3.63) is 71.3 Å². The maximum atomic E-state index is 14.4. The molecule has 0 saturated heterocycles. The molecule has 0 amide bonds. The Hall–Kier alpha value is -4.18. The second kappa shape index (κ2) is 9.12. The molecular weight excluding hydrogens is 463 g/mol. The number of hydrogen-bond donors (Lipinski definition) is 2. The average molecular weight is 489 g/mol. The van der Waals surface area contributed by atoms with E-state index >= 15 is 0 Å². The van der Waals surface area contributed by atoms with Crippen LogP contribution in [0.1, 0.15) is 37.6 Å². The number of carbonyl (C=O) groups excluding carboxylic acids is 1. The van der Waals surface area contributed by atoms with Crippen LogP contribution in [-0.4, -0.2) is 48.6 Å². The third-order valence-electron chi connectivity index (χ3n) is 6.20. The Bertz CT molecular complexity index is 1500. The molecule has 36 heavy (non-hydrogen) atoms. The summed E-state index contributed by atoms with van der Waals surface area (Å²) in [5.74, 6) is -0.111. The largest absolute Gasteiger partial charge is 0.463 e. The fourth-order valence-corrected chi connectivity index (χ4v) is 4.30. The molecule has 0 bridgehead atoms. The number of aliphatic hydroxyl groups excluding tert-OH is 1. The summed E-state index contributed by atoms with van der Waals surface area (Å²) < 4.78 is 21.0.